The number of aliphatic imine (C=N–C) groups is 2. The van der Waals surface area contributed by atoms with Crippen LogP contribution < -0.4 is 16.5 Å². The summed E-state index contributed by atoms with van der Waals surface area (Å²) in [6, 6.07) is 11.7. The molecule has 5 rings (SSSR count). The number of aryl methyl sites for hydroxylation is 1. The van der Waals surface area contributed by atoms with Crippen molar-refractivity contribution in [3.8, 4) is 0 Å². The number of nitrogens with two attached hydrogens (primary N) is 1. The summed E-state index contributed by atoms with van der Waals surface area (Å²) in [7, 11) is 0. The van der Waals surface area contributed by atoms with Crippen molar-refractivity contribution < 1.29 is 4.79 Å². The Labute approximate surface area is 232 Å². The maximum atomic E-state index is 13.8. The van der Waals surface area contributed by atoms with E-state index in [-0.39, 0.29) is 27.6 Å². The highest BCUT2D eigenvalue weighted by Crippen LogP contribution is 2.45. The smallest absolute Gasteiger partial charge is 0.255 e. The van der Waals surface area contributed by atoms with Gasteiger partial charge in [-0.1, -0.05) is 59.1 Å². The molecule has 196 valence electrons. The number of nitrogens with one attached hydrogen (secondary N) is 2. The zero-order valence-corrected chi connectivity index (χ0v) is 23.1. The van der Waals surface area contributed by atoms with Gasteiger partial charge in [0.1, 0.15) is 6.34 Å². The van der Waals surface area contributed by atoms with Gasteiger partial charge in [0.15, 0.2) is 0 Å². The molecular formula is C29H30Cl2N6O. The molecular weight excluding hydrogens is 519 g/mol. The lowest BCUT2D eigenvalue weighted by Gasteiger charge is -2.41. The Morgan fingerprint density at radius 3 is 2.68 bits per heavy atom. The van der Waals surface area contributed by atoms with Crippen LogP contribution in [0, 0.1) is 6.92 Å². The van der Waals surface area contributed by atoms with Crippen molar-refractivity contribution in [1.82, 2.24) is 15.8 Å². The standard InChI is InChI=1S/C29H30Cl2N6O/c1-17-5-4-6-20(11-17)29(10-9-25-22(14-29)26-8-7-18(2)15-37(26)36-25)35-28(38)27-23(30)12-21(13-24(27)31)34-16-33-19(3)32/h4-8,11-13,15-16,25,36H,9-10,14H2,1-3H3,(H,35,38)(H2,32,33,34). The first-order valence-electron chi connectivity index (χ1n) is 12.5. The third kappa shape index (κ3) is 5.14. The monoisotopic (exact) mass is 548 g/mol. The summed E-state index contributed by atoms with van der Waals surface area (Å²) >= 11 is 13.2. The number of hydrogen-bond acceptors (Lipinski definition) is 4. The van der Waals surface area contributed by atoms with Crippen molar-refractivity contribution in [3.63, 3.8) is 0 Å². The molecule has 2 aromatic carbocycles. The first kappa shape index (κ1) is 26.2. The summed E-state index contributed by atoms with van der Waals surface area (Å²) < 4.78 is 0. The van der Waals surface area contributed by atoms with Gasteiger partial charge < -0.3 is 11.1 Å². The molecule has 0 bridgehead atoms. The second-order valence-corrected chi connectivity index (χ2v) is 10.9. The Morgan fingerprint density at radius 2 is 1.97 bits per heavy atom. The molecule has 0 radical (unpaired) electrons. The van der Waals surface area contributed by atoms with Gasteiger partial charge in [0.25, 0.3) is 5.91 Å². The molecule has 0 saturated heterocycles. The average Bonchev–Trinajstić information content (AvgIpc) is 3.20. The van der Waals surface area contributed by atoms with E-state index in [0.29, 0.717) is 17.9 Å². The number of hydrazine groups is 1. The molecule has 0 aromatic heterocycles. The maximum Gasteiger partial charge on any atom is 0.255 e. The van der Waals surface area contributed by atoms with Crippen LogP contribution in [0.2, 0.25) is 10.0 Å². The van der Waals surface area contributed by atoms with Gasteiger partial charge in [0.2, 0.25) is 0 Å². The molecule has 2 heterocycles. The summed E-state index contributed by atoms with van der Waals surface area (Å²) in [5.41, 5.74) is 15.0. The normalized spacial score (nSPS) is 23.0. The minimum absolute atomic E-state index is 0.218. The number of carbonyl (C=O) groups is 1. The number of carbonyl (C=O) groups excluding carboxylic acids is 1. The van der Waals surface area contributed by atoms with Gasteiger partial charge in [-0.2, -0.15) is 0 Å². The highest BCUT2D eigenvalue weighted by atomic mass is 35.5. The van der Waals surface area contributed by atoms with E-state index in [4.69, 9.17) is 28.9 Å². The summed E-state index contributed by atoms with van der Waals surface area (Å²) in [4.78, 5) is 22.0. The quantitative estimate of drug-likeness (QED) is 0.312. The van der Waals surface area contributed by atoms with Crippen molar-refractivity contribution >= 4 is 47.0 Å². The van der Waals surface area contributed by atoms with Crippen molar-refractivity contribution in [1.29, 1.82) is 0 Å². The number of nitrogens with zero attached hydrogens (tertiary/aromatic N) is 3. The molecule has 4 N–H and O–H groups in total. The van der Waals surface area contributed by atoms with Crippen LogP contribution in [0.15, 0.2) is 81.6 Å². The van der Waals surface area contributed by atoms with Crippen molar-refractivity contribution in [2.24, 2.45) is 15.7 Å². The Kier molecular flexibility index (Phi) is 7.18. The average molecular weight is 550 g/mol. The van der Waals surface area contributed by atoms with E-state index in [0.717, 1.165) is 29.7 Å². The van der Waals surface area contributed by atoms with E-state index in [1.165, 1.54) is 17.5 Å². The zero-order chi connectivity index (χ0) is 27.0. The summed E-state index contributed by atoms with van der Waals surface area (Å²) in [5.74, 6) is 0.0549. The van der Waals surface area contributed by atoms with E-state index < -0.39 is 5.54 Å². The Morgan fingerprint density at radius 1 is 1.21 bits per heavy atom. The Bertz CT molecular complexity index is 1430. The number of hydrogen-bond donors (Lipinski definition) is 3. The molecule has 1 amide bonds. The highest BCUT2D eigenvalue weighted by molar-refractivity contribution is 6.40. The summed E-state index contributed by atoms with van der Waals surface area (Å²) in [5, 5.41) is 5.90. The predicted octanol–water partition coefficient (Wildman–Crippen LogP) is 6.06. The van der Waals surface area contributed by atoms with Gasteiger partial charge in [-0.15, -0.1) is 0 Å². The van der Waals surface area contributed by atoms with Gasteiger partial charge in [-0.25, -0.2) is 15.4 Å². The molecule has 1 aliphatic carbocycles. The first-order chi connectivity index (χ1) is 18.1. The van der Waals surface area contributed by atoms with Crippen LogP contribution in [-0.2, 0) is 5.54 Å². The largest absolute Gasteiger partial charge is 0.387 e. The number of amidine groups is 1. The maximum absolute atomic E-state index is 13.8. The van der Waals surface area contributed by atoms with Crippen LogP contribution in [0.25, 0.3) is 0 Å². The third-order valence-electron chi connectivity index (χ3n) is 7.14. The number of fused-ring (bicyclic) bond motifs is 2. The second-order valence-electron chi connectivity index (χ2n) is 10.1. The molecule has 0 spiro atoms. The van der Waals surface area contributed by atoms with E-state index in [1.54, 1.807) is 19.1 Å². The van der Waals surface area contributed by atoms with Crippen molar-refractivity contribution in [2.75, 3.05) is 0 Å². The van der Waals surface area contributed by atoms with Gasteiger partial charge in [0.05, 0.1) is 44.4 Å². The lowest BCUT2D eigenvalue weighted by Crippen LogP contribution is -2.51. The molecule has 7 nitrogen and oxygen atoms in total. The number of halogens is 2. The molecule has 2 unspecified atom stereocenters. The Hall–Kier alpha value is -3.39. The topological polar surface area (TPSA) is 95.1 Å². The van der Waals surface area contributed by atoms with Gasteiger partial charge in [-0.3, -0.25) is 9.80 Å². The molecule has 9 heteroatoms. The van der Waals surface area contributed by atoms with Crippen LogP contribution in [-0.4, -0.2) is 29.1 Å². The van der Waals surface area contributed by atoms with Crippen LogP contribution in [0.3, 0.4) is 0 Å². The molecule has 3 aliphatic rings. The van der Waals surface area contributed by atoms with E-state index >= 15 is 0 Å². The summed E-state index contributed by atoms with van der Waals surface area (Å²) in [6.07, 6.45) is 9.98. The van der Waals surface area contributed by atoms with Gasteiger partial charge in [0, 0.05) is 6.20 Å². The van der Waals surface area contributed by atoms with Crippen molar-refractivity contribution in [2.45, 2.75) is 51.6 Å². The summed E-state index contributed by atoms with van der Waals surface area (Å²) in [6.45, 7) is 5.80. The molecule has 1 fully saturated rings. The van der Waals surface area contributed by atoms with Crippen LogP contribution in [0.4, 0.5) is 5.69 Å². The lowest BCUT2D eigenvalue weighted by molar-refractivity contribution is 0.0875. The number of allylic oxidation sites excluding steroid dienone is 3. The third-order valence-corrected chi connectivity index (χ3v) is 7.73. The molecule has 2 atom stereocenters. The fourth-order valence-corrected chi connectivity index (χ4v) is 5.99. The van der Waals surface area contributed by atoms with Gasteiger partial charge >= 0.3 is 0 Å². The molecule has 38 heavy (non-hydrogen) atoms. The van der Waals surface area contributed by atoms with E-state index in [9.17, 15) is 4.79 Å². The fourth-order valence-electron chi connectivity index (χ4n) is 5.34. The molecule has 1 saturated carbocycles. The first-order valence-corrected chi connectivity index (χ1v) is 13.3. The Balaban J connectivity index is 1.51. The van der Waals surface area contributed by atoms with E-state index in [1.807, 2.05) is 6.07 Å². The number of rotatable bonds is 5. The predicted molar refractivity (Wildman–Crippen MR) is 155 cm³/mol. The SMILES string of the molecule is CC1=CN2NC3CCC(NC(=O)c4c(Cl)cc(N=CN=C(C)N)cc4Cl)(c4cccc(C)c4)CC3=C2C=C1. The number of amides is 1. The van der Waals surface area contributed by atoms with Crippen LogP contribution >= 0.6 is 23.2 Å². The molecule has 2 aliphatic heterocycles. The minimum atomic E-state index is -0.624. The fraction of sp³-hybridized carbons (Fsp3) is 0.276. The number of benzene rings is 2. The lowest BCUT2D eigenvalue weighted by atomic mass is 9.72. The second kappa shape index (κ2) is 10.4. The zero-order valence-electron chi connectivity index (χ0n) is 21.6. The van der Waals surface area contributed by atoms with Crippen LogP contribution in [0.5, 0.6) is 0 Å². The van der Waals surface area contributed by atoms with Crippen molar-refractivity contribution in [3.05, 3.63) is 98.3 Å². The van der Waals surface area contributed by atoms with Crippen LogP contribution in [0.1, 0.15) is 54.6 Å². The minimum Gasteiger partial charge on any atom is -0.387 e. The van der Waals surface area contributed by atoms with E-state index in [2.05, 4.69) is 76.1 Å². The van der Waals surface area contributed by atoms with Gasteiger partial charge in [-0.05, 0) is 75.0 Å². The highest BCUT2D eigenvalue weighted by Gasteiger charge is 2.45. The molecule has 2 aromatic rings.